The SMILES string of the molecule is COc1ccc(N2CCN(c3ccc(Cl)cc3)S2)nc1N1CCN(C)CC1. The molecule has 27 heavy (non-hydrogen) atoms. The van der Waals surface area contributed by atoms with E-state index in [-0.39, 0.29) is 0 Å². The van der Waals surface area contributed by atoms with Gasteiger partial charge in [0.05, 0.1) is 25.8 Å². The van der Waals surface area contributed by atoms with Gasteiger partial charge in [0.25, 0.3) is 0 Å². The lowest BCUT2D eigenvalue weighted by Gasteiger charge is -2.34. The minimum absolute atomic E-state index is 0.758. The Morgan fingerprint density at radius 2 is 1.63 bits per heavy atom. The molecule has 8 heteroatoms. The Hall–Kier alpha value is -1.83. The van der Waals surface area contributed by atoms with Crippen molar-refractivity contribution in [3.05, 3.63) is 41.4 Å². The van der Waals surface area contributed by atoms with Crippen LogP contribution in [-0.4, -0.2) is 63.3 Å². The van der Waals surface area contributed by atoms with Gasteiger partial charge in [-0.3, -0.25) is 8.61 Å². The molecule has 0 radical (unpaired) electrons. The van der Waals surface area contributed by atoms with Crippen molar-refractivity contribution in [1.82, 2.24) is 9.88 Å². The van der Waals surface area contributed by atoms with Crippen LogP contribution in [-0.2, 0) is 0 Å². The summed E-state index contributed by atoms with van der Waals surface area (Å²) in [5.41, 5.74) is 1.15. The number of hydrogen-bond acceptors (Lipinski definition) is 7. The van der Waals surface area contributed by atoms with E-state index in [2.05, 4.69) is 37.6 Å². The zero-order valence-corrected chi connectivity index (χ0v) is 17.2. The molecule has 0 spiro atoms. The molecule has 2 aliphatic heterocycles. The van der Waals surface area contributed by atoms with Crippen molar-refractivity contribution in [1.29, 1.82) is 0 Å². The maximum Gasteiger partial charge on any atom is 0.173 e. The first-order chi connectivity index (χ1) is 13.1. The normalized spacial score (nSPS) is 18.3. The zero-order chi connectivity index (χ0) is 18.8. The third kappa shape index (κ3) is 4.05. The number of halogens is 1. The number of pyridine rings is 1. The van der Waals surface area contributed by atoms with Crippen LogP contribution in [0.4, 0.5) is 17.3 Å². The molecule has 2 aromatic rings. The summed E-state index contributed by atoms with van der Waals surface area (Å²) < 4.78 is 10.1. The molecule has 0 atom stereocenters. The Labute approximate surface area is 169 Å². The van der Waals surface area contributed by atoms with Crippen LogP contribution in [0, 0.1) is 0 Å². The predicted octanol–water partition coefficient (Wildman–Crippen LogP) is 3.39. The lowest BCUT2D eigenvalue weighted by atomic mass is 10.3. The predicted molar refractivity (Wildman–Crippen MR) is 114 cm³/mol. The molecule has 0 aliphatic carbocycles. The molecular weight excluding hydrogens is 382 g/mol. The lowest BCUT2D eigenvalue weighted by Crippen LogP contribution is -2.45. The van der Waals surface area contributed by atoms with E-state index in [1.807, 2.05) is 24.3 Å². The van der Waals surface area contributed by atoms with Crippen LogP contribution in [0.5, 0.6) is 5.75 Å². The summed E-state index contributed by atoms with van der Waals surface area (Å²) in [5.74, 6) is 2.74. The van der Waals surface area contributed by atoms with E-state index < -0.39 is 0 Å². The van der Waals surface area contributed by atoms with Crippen molar-refractivity contribution in [3.63, 3.8) is 0 Å². The second-order valence-corrected chi connectivity index (χ2v) is 8.23. The molecule has 2 aliphatic rings. The highest BCUT2D eigenvalue weighted by atomic mass is 35.5. The van der Waals surface area contributed by atoms with Gasteiger partial charge in [0, 0.05) is 43.4 Å². The van der Waals surface area contributed by atoms with Crippen LogP contribution in [0.3, 0.4) is 0 Å². The number of likely N-dealkylation sites (N-methyl/N-ethyl adjacent to an activating group) is 1. The van der Waals surface area contributed by atoms with Crippen molar-refractivity contribution in [2.45, 2.75) is 0 Å². The van der Waals surface area contributed by atoms with E-state index in [0.717, 1.165) is 67.4 Å². The van der Waals surface area contributed by atoms with E-state index in [0.29, 0.717) is 0 Å². The minimum Gasteiger partial charge on any atom is -0.493 e. The molecule has 2 saturated heterocycles. The summed E-state index contributed by atoms with van der Waals surface area (Å²) in [5, 5.41) is 0.758. The van der Waals surface area contributed by atoms with Crippen molar-refractivity contribution >= 4 is 41.1 Å². The van der Waals surface area contributed by atoms with E-state index in [9.17, 15) is 0 Å². The summed E-state index contributed by atoms with van der Waals surface area (Å²) in [7, 11) is 3.87. The fourth-order valence-electron chi connectivity index (χ4n) is 3.29. The van der Waals surface area contributed by atoms with Crippen LogP contribution in [0.2, 0.25) is 5.02 Å². The number of hydrogen-bond donors (Lipinski definition) is 0. The maximum absolute atomic E-state index is 6.01. The van der Waals surface area contributed by atoms with E-state index in [1.54, 1.807) is 19.2 Å². The van der Waals surface area contributed by atoms with Crippen molar-refractivity contribution in [2.75, 3.05) is 66.9 Å². The molecule has 144 valence electrons. The van der Waals surface area contributed by atoms with Gasteiger partial charge >= 0.3 is 0 Å². The topological polar surface area (TPSA) is 35.1 Å². The van der Waals surface area contributed by atoms with Crippen molar-refractivity contribution < 1.29 is 4.74 Å². The zero-order valence-electron chi connectivity index (χ0n) is 15.6. The molecule has 0 unspecified atom stereocenters. The molecule has 1 aromatic heterocycles. The number of benzene rings is 1. The molecule has 0 amide bonds. The van der Waals surface area contributed by atoms with E-state index >= 15 is 0 Å². The highest BCUT2D eigenvalue weighted by molar-refractivity contribution is 8.02. The van der Waals surface area contributed by atoms with E-state index in [4.69, 9.17) is 21.3 Å². The third-order valence-electron chi connectivity index (χ3n) is 4.92. The molecule has 3 heterocycles. The first kappa shape index (κ1) is 18.5. The number of aromatic nitrogens is 1. The first-order valence-electron chi connectivity index (χ1n) is 9.11. The number of nitrogens with zero attached hydrogens (tertiary/aromatic N) is 5. The fourth-order valence-corrected chi connectivity index (χ4v) is 4.38. The fraction of sp³-hybridized carbons (Fsp3) is 0.421. The van der Waals surface area contributed by atoms with Gasteiger partial charge in [0.1, 0.15) is 5.82 Å². The Morgan fingerprint density at radius 3 is 2.33 bits per heavy atom. The van der Waals surface area contributed by atoms with Gasteiger partial charge in [0.15, 0.2) is 11.6 Å². The molecule has 4 rings (SSSR count). The quantitative estimate of drug-likeness (QED) is 0.721. The number of ether oxygens (including phenoxy) is 1. The van der Waals surface area contributed by atoms with Gasteiger partial charge in [-0.05, 0) is 43.4 Å². The second kappa shape index (κ2) is 8.04. The summed E-state index contributed by atoms with van der Waals surface area (Å²) in [6.07, 6.45) is 0. The highest BCUT2D eigenvalue weighted by Crippen LogP contribution is 2.36. The summed E-state index contributed by atoms with van der Waals surface area (Å²) >= 11 is 7.69. The van der Waals surface area contributed by atoms with Crippen molar-refractivity contribution in [2.24, 2.45) is 0 Å². The van der Waals surface area contributed by atoms with Crippen molar-refractivity contribution in [3.8, 4) is 5.75 Å². The smallest absolute Gasteiger partial charge is 0.173 e. The molecule has 0 N–H and O–H groups in total. The Morgan fingerprint density at radius 1 is 0.926 bits per heavy atom. The average molecular weight is 406 g/mol. The monoisotopic (exact) mass is 405 g/mol. The van der Waals surface area contributed by atoms with Gasteiger partial charge in [-0.1, -0.05) is 11.6 Å². The number of rotatable bonds is 4. The van der Waals surface area contributed by atoms with Crippen LogP contribution in [0.25, 0.3) is 0 Å². The Kier molecular flexibility index (Phi) is 5.52. The third-order valence-corrected chi connectivity index (χ3v) is 6.33. The molecule has 0 bridgehead atoms. The molecular formula is C19H24ClN5OS. The highest BCUT2D eigenvalue weighted by Gasteiger charge is 2.26. The van der Waals surface area contributed by atoms with Crippen LogP contribution >= 0.6 is 23.7 Å². The van der Waals surface area contributed by atoms with Crippen LogP contribution in [0.15, 0.2) is 36.4 Å². The van der Waals surface area contributed by atoms with E-state index in [1.165, 1.54) is 0 Å². The minimum atomic E-state index is 0.758. The van der Waals surface area contributed by atoms with Gasteiger partial charge in [0.2, 0.25) is 0 Å². The summed E-state index contributed by atoms with van der Waals surface area (Å²) in [6, 6.07) is 12.0. The molecule has 6 nitrogen and oxygen atoms in total. The Bertz CT molecular complexity index is 782. The molecule has 0 saturated carbocycles. The number of anilines is 3. The number of methoxy groups -OCH3 is 1. The van der Waals surface area contributed by atoms with Gasteiger partial charge in [-0.25, -0.2) is 4.98 Å². The van der Waals surface area contributed by atoms with Gasteiger partial charge in [-0.2, -0.15) is 0 Å². The molecule has 1 aromatic carbocycles. The van der Waals surface area contributed by atoms with Crippen LogP contribution < -0.4 is 18.2 Å². The average Bonchev–Trinajstić information content (AvgIpc) is 3.19. The summed E-state index contributed by atoms with van der Waals surface area (Å²) in [4.78, 5) is 9.62. The number of piperazine rings is 1. The van der Waals surface area contributed by atoms with Gasteiger partial charge < -0.3 is 14.5 Å². The largest absolute Gasteiger partial charge is 0.493 e. The standard InChI is InChI=1S/C19H24ClN5OS/c1-22-9-11-23(12-10-22)19-17(26-2)7-8-18(21-19)25-14-13-24(27-25)16-5-3-15(20)4-6-16/h3-8H,9-14H2,1-2H3. The van der Waals surface area contributed by atoms with Gasteiger partial charge in [-0.15, -0.1) is 0 Å². The maximum atomic E-state index is 6.01. The van der Waals surface area contributed by atoms with Crippen LogP contribution in [0.1, 0.15) is 0 Å². The first-order valence-corrected chi connectivity index (χ1v) is 10.2. The second-order valence-electron chi connectivity index (χ2n) is 6.75. The Balaban J connectivity index is 1.52. The molecule has 2 fully saturated rings. The lowest BCUT2D eigenvalue weighted by molar-refractivity contribution is 0.310. The summed E-state index contributed by atoms with van der Waals surface area (Å²) in [6.45, 7) is 5.86.